The largest absolute Gasteiger partial charge is 0.394 e. The second kappa shape index (κ2) is 8.34. The Kier molecular flexibility index (Phi) is 6.19. The molecular weight excluding hydrogens is 384 g/mol. The standard InChI is InChI=1S/C16H26O12/c17-1-5-9(19)11(21)15(25-5)27-8-4-23-7-3-24-13(8)14(7)28-16-12(22)10(20)6(2-18)26-16/h5-22H,1-4H2/t5-,6-,7-,8+,9-,10-,11+,12+,13-,14+,15-,16-/m1/s1. The Labute approximate surface area is 160 Å². The molecule has 0 radical (unpaired) electrons. The van der Waals surface area contributed by atoms with E-state index in [0.29, 0.717) is 0 Å². The van der Waals surface area contributed by atoms with Crippen LogP contribution in [0.1, 0.15) is 0 Å². The highest BCUT2D eigenvalue weighted by Crippen LogP contribution is 2.35. The number of rotatable bonds is 6. The Morgan fingerprint density at radius 2 is 1.29 bits per heavy atom. The van der Waals surface area contributed by atoms with Gasteiger partial charge in [0.05, 0.1) is 26.4 Å². The van der Waals surface area contributed by atoms with Crippen molar-refractivity contribution in [3.8, 4) is 0 Å². The summed E-state index contributed by atoms with van der Waals surface area (Å²) in [5.41, 5.74) is 0. The van der Waals surface area contributed by atoms with Crippen molar-refractivity contribution in [2.24, 2.45) is 0 Å². The van der Waals surface area contributed by atoms with Gasteiger partial charge in [0.25, 0.3) is 0 Å². The fraction of sp³-hybridized carbons (Fsp3) is 1.00. The van der Waals surface area contributed by atoms with Crippen molar-refractivity contribution in [1.29, 1.82) is 0 Å². The molecule has 0 aromatic heterocycles. The minimum Gasteiger partial charge on any atom is -0.394 e. The average Bonchev–Trinajstić information content (AvgIpc) is 3.24. The van der Waals surface area contributed by atoms with Gasteiger partial charge in [-0.05, 0) is 0 Å². The third-order valence-electron chi connectivity index (χ3n) is 5.58. The minimum atomic E-state index is -1.35. The van der Waals surface area contributed by atoms with E-state index in [1.807, 2.05) is 0 Å². The fourth-order valence-electron chi connectivity index (χ4n) is 3.95. The molecule has 162 valence electrons. The molecule has 4 aliphatic rings. The number of fused-ring (bicyclic) bond motifs is 2. The molecule has 0 saturated carbocycles. The maximum absolute atomic E-state index is 10.1. The predicted molar refractivity (Wildman–Crippen MR) is 84.7 cm³/mol. The minimum absolute atomic E-state index is 0.123. The van der Waals surface area contributed by atoms with E-state index in [9.17, 15) is 30.6 Å². The molecule has 0 aromatic rings. The molecule has 12 nitrogen and oxygen atoms in total. The summed E-state index contributed by atoms with van der Waals surface area (Å²) in [6.45, 7) is -0.616. The van der Waals surface area contributed by atoms with Gasteiger partial charge in [-0.1, -0.05) is 0 Å². The molecule has 4 aliphatic heterocycles. The second-order valence-corrected chi connectivity index (χ2v) is 7.36. The van der Waals surface area contributed by atoms with Gasteiger partial charge in [-0.2, -0.15) is 0 Å². The molecular formula is C16H26O12. The van der Waals surface area contributed by atoms with Crippen molar-refractivity contribution in [3.05, 3.63) is 0 Å². The van der Waals surface area contributed by atoms with E-state index < -0.39 is 86.8 Å². The van der Waals surface area contributed by atoms with Crippen LogP contribution in [0.4, 0.5) is 0 Å². The van der Waals surface area contributed by atoms with E-state index >= 15 is 0 Å². The van der Waals surface area contributed by atoms with Crippen LogP contribution in [-0.2, 0) is 28.4 Å². The van der Waals surface area contributed by atoms with Crippen molar-refractivity contribution >= 4 is 0 Å². The number of hydrogen-bond acceptors (Lipinski definition) is 12. The first-order chi connectivity index (χ1) is 13.4. The number of hydrogen-bond donors (Lipinski definition) is 6. The topological polar surface area (TPSA) is 177 Å². The van der Waals surface area contributed by atoms with E-state index in [0.717, 1.165) is 0 Å². The number of ether oxygens (including phenoxy) is 6. The van der Waals surface area contributed by atoms with Gasteiger partial charge in [-0.3, -0.25) is 0 Å². The molecule has 6 N–H and O–H groups in total. The van der Waals surface area contributed by atoms with Crippen LogP contribution in [0, 0.1) is 0 Å². The van der Waals surface area contributed by atoms with Gasteiger partial charge < -0.3 is 59.1 Å². The van der Waals surface area contributed by atoms with Crippen LogP contribution in [0.2, 0.25) is 0 Å². The lowest BCUT2D eigenvalue weighted by Crippen LogP contribution is -2.54. The zero-order valence-corrected chi connectivity index (χ0v) is 14.9. The van der Waals surface area contributed by atoms with Gasteiger partial charge in [-0.25, -0.2) is 0 Å². The third-order valence-corrected chi connectivity index (χ3v) is 5.58. The monoisotopic (exact) mass is 410 g/mol. The van der Waals surface area contributed by atoms with Crippen molar-refractivity contribution in [2.45, 2.75) is 73.6 Å². The molecule has 2 bridgehead atoms. The highest BCUT2D eigenvalue weighted by atomic mass is 16.8. The van der Waals surface area contributed by atoms with E-state index in [-0.39, 0.29) is 13.2 Å². The Balaban J connectivity index is 1.40. The van der Waals surface area contributed by atoms with Crippen LogP contribution in [0.15, 0.2) is 0 Å². The van der Waals surface area contributed by atoms with Crippen molar-refractivity contribution in [2.75, 3.05) is 26.4 Å². The van der Waals surface area contributed by atoms with Crippen molar-refractivity contribution in [1.82, 2.24) is 0 Å². The second-order valence-electron chi connectivity index (χ2n) is 7.36. The van der Waals surface area contributed by atoms with Gasteiger partial charge in [0.15, 0.2) is 12.6 Å². The number of aliphatic hydroxyl groups is 6. The molecule has 12 atom stereocenters. The summed E-state index contributed by atoms with van der Waals surface area (Å²) in [5.74, 6) is 0. The SMILES string of the molecule is OC[C@H]1O[C@H](O[C@@H]2[C@@H]3OC[C@H]2OC[C@@H]3O[C@H]2O[C@H](CO)[C@@H](O)[C@@H]2O)[C@@H](O)[C@@H]1O. The number of aliphatic hydroxyl groups excluding tert-OH is 6. The van der Waals surface area contributed by atoms with Gasteiger partial charge in [0.2, 0.25) is 0 Å². The Bertz CT molecular complexity index is 536. The molecule has 12 heteroatoms. The fourth-order valence-corrected chi connectivity index (χ4v) is 3.95. The molecule has 0 aliphatic carbocycles. The van der Waals surface area contributed by atoms with E-state index in [1.54, 1.807) is 0 Å². The first-order valence-electron chi connectivity index (χ1n) is 9.23. The summed E-state index contributed by atoms with van der Waals surface area (Å²) >= 11 is 0. The van der Waals surface area contributed by atoms with Crippen molar-refractivity contribution in [3.63, 3.8) is 0 Å². The molecule has 4 saturated heterocycles. The van der Waals surface area contributed by atoms with Crippen LogP contribution >= 0.6 is 0 Å². The van der Waals surface area contributed by atoms with Crippen LogP contribution in [0.5, 0.6) is 0 Å². The maximum atomic E-state index is 10.1. The first kappa shape index (κ1) is 20.8. The smallest absolute Gasteiger partial charge is 0.187 e. The highest BCUT2D eigenvalue weighted by Gasteiger charge is 2.54. The molecule has 0 aromatic carbocycles. The lowest BCUT2D eigenvalue weighted by Gasteiger charge is -2.37. The van der Waals surface area contributed by atoms with Crippen LogP contribution in [0.3, 0.4) is 0 Å². The Hall–Kier alpha value is -0.480. The summed E-state index contributed by atoms with van der Waals surface area (Å²) in [4.78, 5) is 0. The zero-order chi connectivity index (χ0) is 20.0. The summed E-state index contributed by atoms with van der Waals surface area (Å²) in [6, 6.07) is 0. The molecule has 0 amide bonds. The lowest BCUT2D eigenvalue weighted by molar-refractivity contribution is -0.270. The van der Waals surface area contributed by atoms with Gasteiger partial charge in [0, 0.05) is 0 Å². The van der Waals surface area contributed by atoms with Gasteiger partial charge >= 0.3 is 0 Å². The van der Waals surface area contributed by atoms with Crippen molar-refractivity contribution < 1.29 is 59.1 Å². The quantitative estimate of drug-likeness (QED) is 0.247. The first-order valence-corrected chi connectivity index (χ1v) is 9.23. The predicted octanol–water partition coefficient (Wildman–Crippen LogP) is -4.57. The summed E-state index contributed by atoms with van der Waals surface area (Å²) in [5, 5.41) is 58.2. The molecule has 28 heavy (non-hydrogen) atoms. The lowest BCUT2D eigenvalue weighted by atomic mass is 10.0. The maximum Gasteiger partial charge on any atom is 0.187 e. The molecule has 0 spiro atoms. The summed E-state index contributed by atoms with van der Waals surface area (Å²) in [7, 11) is 0. The van der Waals surface area contributed by atoms with Crippen LogP contribution < -0.4 is 0 Å². The molecule has 4 heterocycles. The van der Waals surface area contributed by atoms with Crippen LogP contribution in [0.25, 0.3) is 0 Å². The average molecular weight is 410 g/mol. The zero-order valence-electron chi connectivity index (χ0n) is 14.9. The summed E-state index contributed by atoms with van der Waals surface area (Å²) < 4.78 is 33.5. The normalized spacial score (nSPS) is 53.8. The Morgan fingerprint density at radius 3 is 1.82 bits per heavy atom. The van der Waals surface area contributed by atoms with Gasteiger partial charge in [-0.15, -0.1) is 0 Å². The molecule has 4 rings (SSSR count). The third kappa shape index (κ3) is 3.57. The highest BCUT2D eigenvalue weighted by molar-refractivity contribution is 4.98. The Morgan fingerprint density at radius 1 is 0.714 bits per heavy atom. The molecule has 4 fully saturated rings. The van der Waals surface area contributed by atoms with E-state index in [1.165, 1.54) is 0 Å². The molecule has 0 unspecified atom stereocenters. The summed E-state index contributed by atoms with van der Waals surface area (Å²) in [6.07, 6.45) is -12.1. The van der Waals surface area contributed by atoms with E-state index in [4.69, 9.17) is 28.4 Å². The van der Waals surface area contributed by atoms with Crippen LogP contribution in [-0.4, -0.2) is 131 Å². The van der Waals surface area contributed by atoms with E-state index in [2.05, 4.69) is 0 Å². The van der Waals surface area contributed by atoms with Gasteiger partial charge in [0.1, 0.15) is 61.0 Å².